The van der Waals surface area contributed by atoms with Gasteiger partial charge >= 0.3 is 0 Å². The predicted molar refractivity (Wildman–Crippen MR) is 78.9 cm³/mol. The van der Waals surface area contributed by atoms with Gasteiger partial charge in [-0.2, -0.15) is 4.31 Å². The van der Waals surface area contributed by atoms with Crippen molar-refractivity contribution in [1.82, 2.24) is 4.31 Å². The number of anilines is 1. The molecule has 2 unspecified atom stereocenters. The van der Waals surface area contributed by atoms with Crippen molar-refractivity contribution < 1.29 is 13.5 Å². The van der Waals surface area contributed by atoms with E-state index in [1.54, 1.807) is 19.1 Å². The molecule has 1 aliphatic rings. The van der Waals surface area contributed by atoms with Gasteiger partial charge in [-0.3, -0.25) is 0 Å². The summed E-state index contributed by atoms with van der Waals surface area (Å²) in [6.07, 6.45) is 0.189. The van der Waals surface area contributed by atoms with Gasteiger partial charge in [0.25, 0.3) is 0 Å². The molecular weight excluding hydrogens is 276 g/mol. The van der Waals surface area contributed by atoms with Crippen LogP contribution in [0.2, 0.25) is 0 Å². The standard InChI is InChI=1S/C14H22N2O3S/c1-9-6-13(15)14(7-10(9)2)20(18,19)16-5-4-12(8-16)11(3)17/h6-7,11-12,17H,4-5,8,15H2,1-3H3. The molecular formula is C14H22N2O3S. The zero-order valence-corrected chi connectivity index (χ0v) is 12.9. The average molecular weight is 298 g/mol. The van der Waals surface area contributed by atoms with E-state index in [1.165, 1.54) is 4.31 Å². The van der Waals surface area contributed by atoms with Gasteiger partial charge in [-0.05, 0) is 56.4 Å². The van der Waals surface area contributed by atoms with Crippen molar-refractivity contribution in [3.8, 4) is 0 Å². The number of hydrogen-bond donors (Lipinski definition) is 2. The minimum atomic E-state index is -3.58. The van der Waals surface area contributed by atoms with Gasteiger partial charge in [-0.15, -0.1) is 0 Å². The zero-order valence-electron chi connectivity index (χ0n) is 12.1. The third-order valence-electron chi connectivity index (χ3n) is 4.11. The molecule has 0 aromatic heterocycles. The largest absolute Gasteiger partial charge is 0.398 e. The van der Waals surface area contributed by atoms with Crippen molar-refractivity contribution in [2.24, 2.45) is 5.92 Å². The van der Waals surface area contributed by atoms with Crippen molar-refractivity contribution >= 4 is 15.7 Å². The number of sulfonamides is 1. The highest BCUT2D eigenvalue weighted by molar-refractivity contribution is 7.89. The Morgan fingerprint density at radius 3 is 2.50 bits per heavy atom. The summed E-state index contributed by atoms with van der Waals surface area (Å²) in [7, 11) is -3.58. The fraction of sp³-hybridized carbons (Fsp3) is 0.571. The van der Waals surface area contributed by atoms with Crippen molar-refractivity contribution in [3.05, 3.63) is 23.3 Å². The van der Waals surface area contributed by atoms with E-state index in [-0.39, 0.29) is 16.5 Å². The highest BCUT2D eigenvalue weighted by Gasteiger charge is 2.35. The summed E-state index contributed by atoms with van der Waals surface area (Å²) in [5.74, 6) is -0.00227. The molecule has 5 nitrogen and oxygen atoms in total. The number of aryl methyl sites for hydroxylation is 2. The maximum atomic E-state index is 12.7. The van der Waals surface area contributed by atoms with Crippen LogP contribution in [-0.2, 0) is 10.0 Å². The number of nitrogens with zero attached hydrogens (tertiary/aromatic N) is 1. The predicted octanol–water partition coefficient (Wildman–Crippen LogP) is 1.28. The lowest BCUT2D eigenvalue weighted by molar-refractivity contribution is 0.133. The first-order chi connectivity index (χ1) is 9.23. The lowest BCUT2D eigenvalue weighted by Gasteiger charge is -2.19. The van der Waals surface area contributed by atoms with E-state index in [0.717, 1.165) is 11.1 Å². The van der Waals surface area contributed by atoms with E-state index in [1.807, 2.05) is 13.8 Å². The molecule has 0 aliphatic carbocycles. The number of aliphatic hydroxyl groups excluding tert-OH is 1. The van der Waals surface area contributed by atoms with Crippen LogP contribution in [0.25, 0.3) is 0 Å². The second kappa shape index (κ2) is 5.35. The minimum absolute atomic E-state index is 0.00227. The summed E-state index contributed by atoms with van der Waals surface area (Å²) in [6, 6.07) is 3.33. The number of hydrogen-bond acceptors (Lipinski definition) is 4. The number of aliphatic hydroxyl groups is 1. The molecule has 2 atom stereocenters. The van der Waals surface area contributed by atoms with Crippen molar-refractivity contribution in [2.45, 2.75) is 38.2 Å². The summed E-state index contributed by atoms with van der Waals surface area (Å²) >= 11 is 0. The Balaban J connectivity index is 2.35. The van der Waals surface area contributed by atoms with Crippen LogP contribution in [0.15, 0.2) is 17.0 Å². The summed E-state index contributed by atoms with van der Waals surface area (Å²) in [6.45, 7) is 6.26. The molecule has 1 aromatic carbocycles. The number of nitrogens with two attached hydrogens (primary N) is 1. The summed E-state index contributed by atoms with van der Waals surface area (Å²) in [4.78, 5) is 0.173. The Labute approximate surface area is 120 Å². The average Bonchev–Trinajstić information content (AvgIpc) is 2.83. The van der Waals surface area contributed by atoms with Crippen molar-refractivity contribution in [1.29, 1.82) is 0 Å². The number of rotatable bonds is 3. The molecule has 1 aromatic rings. The van der Waals surface area contributed by atoms with Crippen LogP contribution in [0.3, 0.4) is 0 Å². The van der Waals surface area contributed by atoms with Crippen LogP contribution in [0.5, 0.6) is 0 Å². The topological polar surface area (TPSA) is 83.6 Å². The van der Waals surface area contributed by atoms with E-state index in [2.05, 4.69) is 0 Å². The van der Waals surface area contributed by atoms with E-state index in [9.17, 15) is 13.5 Å². The fourth-order valence-corrected chi connectivity index (χ4v) is 4.23. The first kappa shape index (κ1) is 15.3. The summed E-state index contributed by atoms with van der Waals surface area (Å²) in [5.41, 5.74) is 8.05. The van der Waals surface area contributed by atoms with Gasteiger partial charge in [0, 0.05) is 13.1 Å². The number of benzene rings is 1. The lowest BCUT2D eigenvalue weighted by Crippen LogP contribution is -2.31. The van der Waals surface area contributed by atoms with Gasteiger partial charge < -0.3 is 10.8 Å². The second-order valence-corrected chi connectivity index (χ2v) is 7.53. The van der Waals surface area contributed by atoms with Crippen molar-refractivity contribution in [3.63, 3.8) is 0 Å². The first-order valence-corrected chi connectivity index (χ1v) is 8.22. The molecule has 3 N–H and O–H groups in total. The normalized spacial score (nSPS) is 22.1. The van der Waals surface area contributed by atoms with Crippen LogP contribution in [0, 0.1) is 19.8 Å². The van der Waals surface area contributed by atoms with Gasteiger partial charge in [0.2, 0.25) is 10.0 Å². The smallest absolute Gasteiger partial charge is 0.245 e. The molecule has 20 heavy (non-hydrogen) atoms. The third kappa shape index (κ3) is 2.68. The van der Waals surface area contributed by atoms with Crippen LogP contribution in [0.1, 0.15) is 24.5 Å². The van der Waals surface area contributed by atoms with Crippen LogP contribution >= 0.6 is 0 Å². The Morgan fingerprint density at radius 1 is 1.35 bits per heavy atom. The van der Waals surface area contributed by atoms with E-state index < -0.39 is 16.1 Å². The molecule has 0 amide bonds. The molecule has 6 heteroatoms. The molecule has 1 saturated heterocycles. The van der Waals surface area contributed by atoms with E-state index in [0.29, 0.717) is 19.5 Å². The third-order valence-corrected chi connectivity index (χ3v) is 6.03. The zero-order chi connectivity index (χ0) is 15.1. The molecule has 112 valence electrons. The van der Waals surface area contributed by atoms with E-state index >= 15 is 0 Å². The summed E-state index contributed by atoms with van der Waals surface area (Å²) < 4.78 is 26.7. The molecule has 1 fully saturated rings. The first-order valence-electron chi connectivity index (χ1n) is 6.78. The fourth-order valence-electron chi connectivity index (χ4n) is 2.54. The molecule has 0 spiro atoms. The molecule has 1 aliphatic heterocycles. The van der Waals surface area contributed by atoms with Gasteiger partial charge in [0.05, 0.1) is 11.8 Å². The number of nitrogen functional groups attached to an aromatic ring is 1. The molecule has 0 radical (unpaired) electrons. The SMILES string of the molecule is Cc1cc(N)c(S(=O)(=O)N2CCC(C(C)O)C2)cc1C. The maximum absolute atomic E-state index is 12.7. The van der Waals surface area contributed by atoms with Gasteiger partial charge in [-0.25, -0.2) is 8.42 Å². The van der Waals surface area contributed by atoms with Gasteiger partial charge in [0.15, 0.2) is 0 Å². The molecule has 0 saturated carbocycles. The quantitative estimate of drug-likeness (QED) is 0.823. The van der Waals surface area contributed by atoms with Gasteiger partial charge in [-0.1, -0.05) is 0 Å². The van der Waals surface area contributed by atoms with Crippen LogP contribution in [0.4, 0.5) is 5.69 Å². The van der Waals surface area contributed by atoms with Crippen LogP contribution in [-0.4, -0.2) is 37.0 Å². The molecule has 2 rings (SSSR count). The Bertz CT molecular complexity index is 611. The Morgan fingerprint density at radius 2 is 1.95 bits per heavy atom. The van der Waals surface area contributed by atoms with Gasteiger partial charge in [0.1, 0.15) is 4.90 Å². The lowest BCUT2D eigenvalue weighted by atomic mass is 10.0. The molecule has 0 bridgehead atoms. The monoisotopic (exact) mass is 298 g/mol. The molecule has 1 heterocycles. The maximum Gasteiger partial charge on any atom is 0.245 e. The minimum Gasteiger partial charge on any atom is -0.398 e. The highest BCUT2D eigenvalue weighted by atomic mass is 32.2. The summed E-state index contributed by atoms with van der Waals surface area (Å²) in [5, 5.41) is 9.60. The highest BCUT2D eigenvalue weighted by Crippen LogP contribution is 2.30. The van der Waals surface area contributed by atoms with E-state index in [4.69, 9.17) is 5.73 Å². The Kier molecular flexibility index (Phi) is 4.09. The van der Waals surface area contributed by atoms with Crippen LogP contribution < -0.4 is 5.73 Å². The second-order valence-electron chi connectivity index (χ2n) is 5.63. The Hall–Kier alpha value is -1.11. The van der Waals surface area contributed by atoms with Crippen molar-refractivity contribution in [2.75, 3.05) is 18.8 Å².